The summed E-state index contributed by atoms with van der Waals surface area (Å²) in [6, 6.07) is 23.1. The van der Waals surface area contributed by atoms with Crippen LogP contribution in [0.25, 0.3) is 11.3 Å². The van der Waals surface area contributed by atoms with E-state index in [1.807, 2.05) is 42.5 Å². The molecule has 2 unspecified atom stereocenters. The highest BCUT2D eigenvalue weighted by atomic mass is 16.6. The molecule has 2 atom stereocenters. The molecule has 2 aromatic carbocycles. The number of rotatable bonds is 10. The standard InChI is InChI=1S/C27H25N3O6/c1-33-22-17-23(34-2)30-26(29-22)36-24(25(31)32)27(35-3,19-11-5-4-6-12-19)20-13-9-10-18(16-20)21-14-7-8-15-28-21/h4-17,24H,1-3H3,(H,31,32). The highest BCUT2D eigenvalue weighted by Crippen LogP contribution is 2.40. The van der Waals surface area contributed by atoms with Crippen LogP contribution in [0.3, 0.4) is 0 Å². The maximum absolute atomic E-state index is 12.8. The van der Waals surface area contributed by atoms with Crippen molar-refractivity contribution in [3.8, 4) is 29.0 Å². The Kier molecular flexibility index (Phi) is 7.41. The van der Waals surface area contributed by atoms with Crippen LogP contribution in [0.1, 0.15) is 11.1 Å². The summed E-state index contributed by atoms with van der Waals surface area (Å²) >= 11 is 0. The van der Waals surface area contributed by atoms with Gasteiger partial charge in [-0.05, 0) is 29.3 Å². The zero-order chi connectivity index (χ0) is 25.5. The van der Waals surface area contributed by atoms with Crippen LogP contribution in [0.4, 0.5) is 0 Å². The Balaban J connectivity index is 1.91. The molecule has 0 amide bonds. The molecule has 0 aliphatic heterocycles. The van der Waals surface area contributed by atoms with Crippen LogP contribution in [0.2, 0.25) is 0 Å². The number of hydrogen-bond acceptors (Lipinski definition) is 8. The average Bonchev–Trinajstić information content (AvgIpc) is 2.94. The van der Waals surface area contributed by atoms with Crippen LogP contribution < -0.4 is 14.2 Å². The molecular weight excluding hydrogens is 462 g/mol. The number of aromatic nitrogens is 3. The zero-order valence-corrected chi connectivity index (χ0v) is 20.0. The molecule has 0 aliphatic carbocycles. The van der Waals surface area contributed by atoms with E-state index in [0.29, 0.717) is 11.1 Å². The van der Waals surface area contributed by atoms with Gasteiger partial charge < -0.3 is 24.1 Å². The van der Waals surface area contributed by atoms with Crippen molar-refractivity contribution in [2.75, 3.05) is 21.3 Å². The summed E-state index contributed by atoms with van der Waals surface area (Å²) in [6.07, 6.45) is 0.0973. The molecule has 0 radical (unpaired) electrons. The van der Waals surface area contributed by atoms with Gasteiger partial charge in [-0.1, -0.05) is 54.6 Å². The molecule has 0 aliphatic rings. The van der Waals surface area contributed by atoms with Gasteiger partial charge in [-0.2, -0.15) is 9.97 Å². The molecule has 4 aromatic rings. The molecule has 0 spiro atoms. The van der Waals surface area contributed by atoms with Gasteiger partial charge in [0, 0.05) is 18.9 Å². The second kappa shape index (κ2) is 10.8. The van der Waals surface area contributed by atoms with E-state index in [2.05, 4.69) is 15.0 Å². The summed E-state index contributed by atoms with van der Waals surface area (Å²) in [5.41, 5.74) is 1.03. The molecular formula is C27H25N3O6. The molecule has 9 heteroatoms. The van der Waals surface area contributed by atoms with Crippen LogP contribution in [0, 0.1) is 0 Å². The van der Waals surface area contributed by atoms with Crippen molar-refractivity contribution < 1.29 is 28.8 Å². The van der Waals surface area contributed by atoms with Gasteiger partial charge in [0.05, 0.1) is 26.0 Å². The van der Waals surface area contributed by atoms with E-state index in [9.17, 15) is 9.90 Å². The summed E-state index contributed by atoms with van der Waals surface area (Å²) in [7, 11) is 4.28. The maximum atomic E-state index is 12.8. The maximum Gasteiger partial charge on any atom is 0.348 e. The SMILES string of the molecule is COc1cc(OC)nc(OC(C(=O)O)C(OC)(c2ccccc2)c2cccc(-c3ccccn3)c2)n1. The Morgan fingerprint density at radius 1 is 0.833 bits per heavy atom. The third kappa shape index (κ3) is 4.82. The van der Waals surface area contributed by atoms with E-state index in [1.165, 1.54) is 27.4 Å². The molecule has 0 saturated heterocycles. The minimum absolute atomic E-state index is 0.154. The lowest BCUT2D eigenvalue weighted by Gasteiger charge is -2.37. The molecule has 0 saturated carbocycles. The summed E-state index contributed by atoms with van der Waals surface area (Å²) in [5, 5.41) is 10.4. The normalized spacial score (nSPS) is 13.3. The summed E-state index contributed by atoms with van der Waals surface area (Å²) in [5.74, 6) is -0.976. The lowest BCUT2D eigenvalue weighted by atomic mass is 9.80. The first kappa shape index (κ1) is 24.6. The predicted molar refractivity (Wildman–Crippen MR) is 131 cm³/mol. The largest absolute Gasteiger partial charge is 0.481 e. The Morgan fingerprint density at radius 3 is 2.08 bits per heavy atom. The van der Waals surface area contributed by atoms with Crippen molar-refractivity contribution in [2.45, 2.75) is 11.7 Å². The third-order valence-electron chi connectivity index (χ3n) is 5.67. The van der Waals surface area contributed by atoms with Crippen LogP contribution in [0.15, 0.2) is 85.1 Å². The average molecular weight is 488 g/mol. The number of carboxylic acid groups (broad SMARTS) is 1. The van der Waals surface area contributed by atoms with Crippen LogP contribution in [-0.4, -0.2) is 53.5 Å². The highest BCUT2D eigenvalue weighted by Gasteiger charge is 2.49. The second-order valence-electron chi connectivity index (χ2n) is 7.67. The number of nitrogens with zero attached hydrogens (tertiary/aromatic N) is 3. The van der Waals surface area contributed by atoms with E-state index in [0.717, 1.165) is 11.3 Å². The first-order valence-electron chi connectivity index (χ1n) is 11.0. The van der Waals surface area contributed by atoms with E-state index in [4.69, 9.17) is 18.9 Å². The highest BCUT2D eigenvalue weighted by molar-refractivity contribution is 5.77. The van der Waals surface area contributed by atoms with Gasteiger partial charge in [-0.3, -0.25) is 4.98 Å². The van der Waals surface area contributed by atoms with E-state index in [-0.39, 0.29) is 17.8 Å². The van der Waals surface area contributed by atoms with Crippen molar-refractivity contribution >= 4 is 5.97 Å². The molecule has 4 rings (SSSR count). The van der Waals surface area contributed by atoms with Gasteiger partial charge in [0.1, 0.15) is 0 Å². The van der Waals surface area contributed by atoms with E-state index < -0.39 is 17.7 Å². The number of aliphatic carboxylic acids is 1. The fourth-order valence-corrected chi connectivity index (χ4v) is 4.00. The van der Waals surface area contributed by atoms with Crippen LogP contribution >= 0.6 is 0 Å². The minimum Gasteiger partial charge on any atom is -0.481 e. The summed E-state index contributed by atoms with van der Waals surface area (Å²) in [4.78, 5) is 25.5. The Hall–Kier alpha value is -4.50. The van der Waals surface area contributed by atoms with Crippen LogP contribution in [-0.2, 0) is 15.1 Å². The van der Waals surface area contributed by atoms with Crippen molar-refractivity contribution in [3.63, 3.8) is 0 Å². The fourth-order valence-electron chi connectivity index (χ4n) is 4.00. The van der Waals surface area contributed by atoms with Gasteiger partial charge in [0.25, 0.3) is 0 Å². The minimum atomic E-state index is -1.60. The quantitative estimate of drug-likeness (QED) is 0.355. The fraction of sp³-hybridized carbons (Fsp3) is 0.185. The molecule has 0 bridgehead atoms. The van der Waals surface area contributed by atoms with Gasteiger partial charge in [0.2, 0.25) is 17.9 Å². The van der Waals surface area contributed by atoms with E-state index >= 15 is 0 Å². The van der Waals surface area contributed by atoms with Crippen molar-refractivity contribution in [3.05, 3.63) is 96.2 Å². The smallest absolute Gasteiger partial charge is 0.348 e. The number of carbonyl (C=O) groups is 1. The number of ether oxygens (including phenoxy) is 4. The molecule has 184 valence electrons. The van der Waals surface area contributed by atoms with Crippen molar-refractivity contribution in [1.29, 1.82) is 0 Å². The summed E-state index contributed by atoms with van der Waals surface area (Å²) < 4.78 is 22.4. The Bertz CT molecular complexity index is 1300. The van der Waals surface area contributed by atoms with Gasteiger partial charge in [-0.25, -0.2) is 4.79 Å². The van der Waals surface area contributed by atoms with Crippen LogP contribution in [0.5, 0.6) is 17.8 Å². The number of carboxylic acids is 1. The Labute approximate surface area is 208 Å². The Morgan fingerprint density at radius 2 is 1.50 bits per heavy atom. The number of hydrogen-bond donors (Lipinski definition) is 1. The molecule has 9 nitrogen and oxygen atoms in total. The second-order valence-corrected chi connectivity index (χ2v) is 7.67. The number of methoxy groups -OCH3 is 3. The van der Waals surface area contributed by atoms with Gasteiger partial charge >= 0.3 is 12.0 Å². The molecule has 2 aromatic heterocycles. The lowest BCUT2D eigenvalue weighted by Crippen LogP contribution is -2.50. The van der Waals surface area contributed by atoms with Gasteiger partial charge in [0.15, 0.2) is 5.60 Å². The zero-order valence-electron chi connectivity index (χ0n) is 20.0. The molecule has 36 heavy (non-hydrogen) atoms. The van der Waals surface area contributed by atoms with Crippen molar-refractivity contribution in [2.24, 2.45) is 0 Å². The molecule has 0 fully saturated rings. The monoisotopic (exact) mass is 487 g/mol. The van der Waals surface area contributed by atoms with Crippen molar-refractivity contribution in [1.82, 2.24) is 15.0 Å². The number of benzene rings is 2. The summed E-state index contributed by atoms with van der Waals surface area (Å²) in [6.45, 7) is 0. The lowest BCUT2D eigenvalue weighted by molar-refractivity contribution is -0.160. The third-order valence-corrected chi connectivity index (χ3v) is 5.67. The van der Waals surface area contributed by atoms with Gasteiger partial charge in [-0.15, -0.1) is 0 Å². The molecule has 1 N–H and O–H groups in total. The topological polar surface area (TPSA) is 113 Å². The first-order chi connectivity index (χ1) is 17.5. The van der Waals surface area contributed by atoms with E-state index in [1.54, 1.807) is 36.5 Å². The number of pyridine rings is 1. The predicted octanol–water partition coefficient (Wildman–Crippen LogP) is 3.98. The first-order valence-corrected chi connectivity index (χ1v) is 11.0. The molecule has 2 heterocycles.